The summed E-state index contributed by atoms with van der Waals surface area (Å²) in [6, 6.07) is 0.420. The molecule has 1 heterocycles. The van der Waals surface area contributed by atoms with Crippen LogP contribution in [-0.2, 0) is 0 Å². The fraction of sp³-hybridized carbons (Fsp3) is 0.786. The van der Waals surface area contributed by atoms with Crippen molar-refractivity contribution in [2.24, 2.45) is 11.8 Å². The molecule has 0 spiro atoms. The van der Waals surface area contributed by atoms with Crippen molar-refractivity contribution in [3.8, 4) is 0 Å². The van der Waals surface area contributed by atoms with Gasteiger partial charge < -0.3 is 10.6 Å². The molecule has 2 rings (SSSR count). The van der Waals surface area contributed by atoms with Gasteiger partial charge in [-0.15, -0.1) is 0 Å². The molecule has 3 unspecified atom stereocenters. The van der Waals surface area contributed by atoms with Crippen molar-refractivity contribution in [1.29, 1.82) is 0 Å². The predicted octanol–water partition coefficient (Wildman–Crippen LogP) is 3.58. The lowest BCUT2D eigenvalue weighted by atomic mass is 9.80. The Morgan fingerprint density at radius 1 is 1.15 bits per heavy atom. The van der Waals surface area contributed by atoms with Crippen LogP contribution in [0.4, 0.5) is 11.9 Å². The number of nitrogens with one attached hydrogen (secondary N) is 2. The zero-order chi connectivity index (χ0) is 14.5. The van der Waals surface area contributed by atoms with Crippen LogP contribution in [-0.4, -0.2) is 27.5 Å². The number of hydrogen-bond donors (Lipinski definition) is 2. The summed E-state index contributed by atoms with van der Waals surface area (Å²) in [7, 11) is 0. The Morgan fingerprint density at radius 3 is 2.60 bits per heavy atom. The number of hydrogen-bond acceptors (Lipinski definition) is 5. The van der Waals surface area contributed by atoms with Gasteiger partial charge in [-0.25, -0.2) is 0 Å². The van der Waals surface area contributed by atoms with Crippen LogP contribution in [0, 0.1) is 11.8 Å². The molecule has 1 saturated carbocycles. The lowest BCUT2D eigenvalue weighted by Crippen LogP contribution is -2.33. The van der Waals surface area contributed by atoms with Crippen LogP contribution in [0.2, 0.25) is 5.28 Å². The monoisotopic (exact) mass is 297 g/mol. The molecular weight excluding hydrogens is 274 g/mol. The van der Waals surface area contributed by atoms with Crippen molar-refractivity contribution in [1.82, 2.24) is 15.0 Å². The minimum atomic E-state index is 0.234. The molecule has 20 heavy (non-hydrogen) atoms. The van der Waals surface area contributed by atoms with E-state index in [-0.39, 0.29) is 5.28 Å². The van der Waals surface area contributed by atoms with E-state index in [4.69, 9.17) is 11.6 Å². The van der Waals surface area contributed by atoms with Crippen LogP contribution in [0.15, 0.2) is 0 Å². The maximum Gasteiger partial charge on any atom is 0.229 e. The van der Waals surface area contributed by atoms with E-state index in [0.717, 1.165) is 25.3 Å². The lowest BCUT2D eigenvalue weighted by Gasteiger charge is -2.33. The highest BCUT2D eigenvalue weighted by Gasteiger charge is 2.25. The second kappa shape index (κ2) is 7.07. The van der Waals surface area contributed by atoms with Crippen molar-refractivity contribution in [2.45, 2.75) is 52.5 Å². The summed E-state index contributed by atoms with van der Waals surface area (Å²) in [4.78, 5) is 12.7. The molecule has 0 bridgehead atoms. The van der Waals surface area contributed by atoms with E-state index >= 15 is 0 Å². The number of halogens is 1. The number of anilines is 2. The van der Waals surface area contributed by atoms with Gasteiger partial charge in [-0.2, -0.15) is 15.0 Å². The molecule has 0 aliphatic heterocycles. The summed E-state index contributed by atoms with van der Waals surface area (Å²) < 4.78 is 0. The minimum absolute atomic E-state index is 0.234. The molecule has 0 aromatic carbocycles. The summed E-state index contributed by atoms with van der Waals surface area (Å²) in [5.41, 5.74) is 0. The fourth-order valence-corrected chi connectivity index (χ4v) is 2.94. The number of nitrogens with zero attached hydrogens (tertiary/aromatic N) is 3. The summed E-state index contributed by atoms with van der Waals surface area (Å²) in [5.74, 6) is 2.56. The standard InChI is InChI=1S/C14H24ClN5/c1-4-7-16-13-18-12(15)19-14(20-13)17-11-6-5-9(2)8-10(11)3/h9-11H,4-8H2,1-3H3,(H2,16,17,18,19,20). The van der Waals surface area contributed by atoms with Crippen LogP contribution < -0.4 is 10.6 Å². The third kappa shape index (κ3) is 4.20. The van der Waals surface area contributed by atoms with Crippen molar-refractivity contribution in [3.63, 3.8) is 0 Å². The first-order valence-electron chi connectivity index (χ1n) is 7.50. The average Bonchev–Trinajstić information content (AvgIpc) is 2.39. The number of rotatable bonds is 5. The largest absolute Gasteiger partial charge is 0.354 e. The Balaban J connectivity index is 2.03. The van der Waals surface area contributed by atoms with Crippen LogP contribution >= 0.6 is 11.6 Å². The van der Waals surface area contributed by atoms with E-state index in [1.165, 1.54) is 12.8 Å². The maximum absolute atomic E-state index is 5.96. The third-order valence-corrected chi connectivity index (χ3v) is 4.06. The van der Waals surface area contributed by atoms with Gasteiger partial charge in [0.05, 0.1) is 0 Å². The SMILES string of the molecule is CCCNc1nc(Cl)nc(NC2CCC(C)CC2C)n1. The Bertz CT molecular complexity index is 440. The molecule has 3 atom stereocenters. The quantitative estimate of drug-likeness (QED) is 0.870. The molecule has 0 radical (unpaired) electrons. The molecule has 1 aliphatic rings. The summed E-state index contributed by atoms with van der Waals surface area (Å²) in [6.07, 6.45) is 4.67. The first-order valence-corrected chi connectivity index (χ1v) is 7.88. The normalized spacial score (nSPS) is 26.3. The van der Waals surface area contributed by atoms with Gasteiger partial charge in [-0.05, 0) is 49.1 Å². The van der Waals surface area contributed by atoms with E-state index in [1.807, 2.05) is 0 Å². The van der Waals surface area contributed by atoms with Crippen LogP contribution in [0.5, 0.6) is 0 Å². The highest BCUT2D eigenvalue weighted by molar-refractivity contribution is 6.28. The summed E-state index contributed by atoms with van der Waals surface area (Å²) in [6.45, 7) is 7.53. The van der Waals surface area contributed by atoms with Gasteiger partial charge in [0, 0.05) is 12.6 Å². The van der Waals surface area contributed by atoms with E-state index in [9.17, 15) is 0 Å². The number of aromatic nitrogens is 3. The molecular formula is C14H24ClN5. The van der Waals surface area contributed by atoms with Gasteiger partial charge in [0.2, 0.25) is 17.2 Å². The molecule has 1 aliphatic carbocycles. The minimum Gasteiger partial charge on any atom is -0.354 e. The van der Waals surface area contributed by atoms with Crippen LogP contribution in [0.3, 0.4) is 0 Å². The Hall–Kier alpha value is -1.10. The van der Waals surface area contributed by atoms with Crippen LogP contribution in [0.1, 0.15) is 46.5 Å². The Kier molecular flexibility index (Phi) is 5.40. The van der Waals surface area contributed by atoms with E-state index in [1.54, 1.807) is 0 Å². The Labute approximate surface area is 126 Å². The molecule has 112 valence electrons. The first-order chi connectivity index (χ1) is 9.58. The van der Waals surface area contributed by atoms with Gasteiger partial charge >= 0.3 is 0 Å². The zero-order valence-electron chi connectivity index (χ0n) is 12.5. The molecule has 1 fully saturated rings. The second-order valence-electron chi connectivity index (χ2n) is 5.82. The van der Waals surface area contributed by atoms with Gasteiger partial charge in [-0.1, -0.05) is 20.8 Å². The maximum atomic E-state index is 5.96. The van der Waals surface area contributed by atoms with E-state index in [2.05, 4.69) is 46.4 Å². The molecule has 0 amide bonds. The van der Waals surface area contributed by atoms with Gasteiger partial charge in [0.15, 0.2) is 0 Å². The third-order valence-electron chi connectivity index (χ3n) is 3.89. The fourth-order valence-electron chi connectivity index (χ4n) is 2.78. The van der Waals surface area contributed by atoms with Crippen molar-refractivity contribution < 1.29 is 0 Å². The van der Waals surface area contributed by atoms with Crippen LogP contribution in [0.25, 0.3) is 0 Å². The second-order valence-corrected chi connectivity index (χ2v) is 6.16. The van der Waals surface area contributed by atoms with E-state index < -0.39 is 0 Å². The molecule has 5 nitrogen and oxygen atoms in total. The van der Waals surface area contributed by atoms with E-state index in [0.29, 0.717) is 23.9 Å². The molecule has 0 saturated heterocycles. The predicted molar refractivity (Wildman–Crippen MR) is 83.2 cm³/mol. The smallest absolute Gasteiger partial charge is 0.229 e. The first kappa shape index (κ1) is 15.3. The topological polar surface area (TPSA) is 62.7 Å². The van der Waals surface area contributed by atoms with Crippen molar-refractivity contribution >= 4 is 23.5 Å². The average molecular weight is 298 g/mol. The zero-order valence-corrected chi connectivity index (χ0v) is 13.2. The highest BCUT2D eigenvalue weighted by Crippen LogP contribution is 2.30. The van der Waals surface area contributed by atoms with Gasteiger partial charge in [0.25, 0.3) is 0 Å². The molecule has 6 heteroatoms. The molecule has 1 aromatic heterocycles. The summed E-state index contributed by atoms with van der Waals surface area (Å²) in [5, 5.41) is 6.80. The van der Waals surface area contributed by atoms with Crippen molar-refractivity contribution in [2.75, 3.05) is 17.2 Å². The highest BCUT2D eigenvalue weighted by atomic mass is 35.5. The van der Waals surface area contributed by atoms with Crippen molar-refractivity contribution in [3.05, 3.63) is 5.28 Å². The lowest BCUT2D eigenvalue weighted by molar-refractivity contribution is 0.276. The van der Waals surface area contributed by atoms with Gasteiger partial charge in [-0.3, -0.25) is 0 Å². The summed E-state index contributed by atoms with van der Waals surface area (Å²) >= 11 is 5.96. The molecule has 2 N–H and O–H groups in total. The Morgan fingerprint density at radius 2 is 1.90 bits per heavy atom. The molecule has 1 aromatic rings. The van der Waals surface area contributed by atoms with Gasteiger partial charge in [0.1, 0.15) is 0 Å².